The lowest BCUT2D eigenvalue weighted by Crippen LogP contribution is -2.44. The number of hydrogen-bond donors (Lipinski definition) is 3. The fourth-order valence-electron chi connectivity index (χ4n) is 2.90. The molecule has 18 heavy (non-hydrogen) atoms. The molecule has 1 fully saturated rings. The number of nitrogens with one attached hydrogen (secondary N) is 1. The van der Waals surface area contributed by atoms with E-state index in [2.05, 4.69) is 23.7 Å². The topological polar surface area (TPSA) is 58.3 Å². The second-order valence-electron chi connectivity index (χ2n) is 5.26. The molecule has 0 amide bonds. The summed E-state index contributed by atoms with van der Waals surface area (Å²) in [4.78, 5) is 1.35. The summed E-state index contributed by atoms with van der Waals surface area (Å²) in [6, 6.07) is 2.80. The van der Waals surface area contributed by atoms with E-state index in [0.717, 1.165) is 12.8 Å². The van der Waals surface area contributed by atoms with Gasteiger partial charge in [0, 0.05) is 24.1 Å². The Kier molecular flexibility index (Phi) is 5.18. The Morgan fingerprint density at radius 1 is 1.50 bits per heavy atom. The van der Waals surface area contributed by atoms with Crippen molar-refractivity contribution in [2.75, 3.05) is 13.2 Å². The zero-order valence-corrected chi connectivity index (χ0v) is 11.9. The SMILES string of the molecule is Cc1ccsc1C(CN)NC1CCCCC1CO. The van der Waals surface area contributed by atoms with Crippen molar-refractivity contribution >= 4 is 11.3 Å². The zero-order valence-electron chi connectivity index (χ0n) is 11.1. The molecule has 102 valence electrons. The van der Waals surface area contributed by atoms with Crippen molar-refractivity contribution in [2.45, 2.75) is 44.7 Å². The van der Waals surface area contributed by atoms with E-state index in [1.165, 1.54) is 23.3 Å². The van der Waals surface area contributed by atoms with Gasteiger partial charge in [0.05, 0.1) is 6.04 Å². The predicted octanol–water partition coefficient (Wildman–Crippen LogP) is 2.20. The quantitative estimate of drug-likeness (QED) is 0.767. The van der Waals surface area contributed by atoms with Crippen molar-refractivity contribution in [3.63, 3.8) is 0 Å². The molecule has 0 bridgehead atoms. The highest BCUT2D eigenvalue weighted by atomic mass is 32.1. The van der Waals surface area contributed by atoms with Gasteiger partial charge < -0.3 is 16.2 Å². The molecule has 1 heterocycles. The van der Waals surface area contributed by atoms with Gasteiger partial charge >= 0.3 is 0 Å². The Balaban J connectivity index is 2.03. The Morgan fingerprint density at radius 2 is 2.28 bits per heavy atom. The number of aliphatic hydroxyl groups excluding tert-OH is 1. The lowest BCUT2D eigenvalue weighted by Gasteiger charge is -2.34. The van der Waals surface area contributed by atoms with E-state index in [0.29, 0.717) is 25.1 Å². The van der Waals surface area contributed by atoms with Crippen LogP contribution in [0.3, 0.4) is 0 Å². The summed E-state index contributed by atoms with van der Waals surface area (Å²) in [5, 5.41) is 15.3. The molecule has 1 aliphatic carbocycles. The maximum absolute atomic E-state index is 9.46. The first-order valence-electron chi connectivity index (χ1n) is 6.87. The van der Waals surface area contributed by atoms with Crippen LogP contribution in [-0.4, -0.2) is 24.3 Å². The second kappa shape index (κ2) is 6.66. The van der Waals surface area contributed by atoms with Crippen molar-refractivity contribution in [1.82, 2.24) is 5.32 Å². The van der Waals surface area contributed by atoms with Crippen LogP contribution in [0.15, 0.2) is 11.4 Å². The Labute approximate surface area is 113 Å². The van der Waals surface area contributed by atoms with E-state index in [9.17, 15) is 5.11 Å². The Morgan fingerprint density at radius 3 is 2.89 bits per heavy atom. The maximum Gasteiger partial charge on any atom is 0.0544 e. The molecular formula is C14H24N2OS. The minimum atomic E-state index is 0.238. The normalized spacial score (nSPS) is 26.2. The highest BCUT2D eigenvalue weighted by Gasteiger charge is 2.27. The molecule has 0 radical (unpaired) electrons. The minimum absolute atomic E-state index is 0.238. The summed E-state index contributed by atoms with van der Waals surface area (Å²) < 4.78 is 0. The van der Waals surface area contributed by atoms with Crippen molar-refractivity contribution in [2.24, 2.45) is 11.7 Å². The average molecular weight is 268 g/mol. The third-order valence-electron chi connectivity index (χ3n) is 4.01. The second-order valence-corrected chi connectivity index (χ2v) is 6.20. The summed E-state index contributed by atoms with van der Waals surface area (Å²) in [6.07, 6.45) is 4.80. The van der Waals surface area contributed by atoms with Crippen LogP contribution < -0.4 is 11.1 Å². The van der Waals surface area contributed by atoms with Crippen molar-refractivity contribution in [3.8, 4) is 0 Å². The van der Waals surface area contributed by atoms with Gasteiger partial charge in [-0.1, -0.05) is 12.8 Å². The first kappa shape index (κ1) is 14.0. The van der Waals surface area contributed by atoms with E-state index in [1.54, 1.807) is 11.3 Å². The van der Waals surface area contributed by atoms with Gasteiger partial charge in [-0.05, 0) is 42.7 Å². The number of nitrogens with two attached hydrogens (primary N) is 1. The van der Waals surface area contributed by atoms with Crippen LogP contribution in [0.25, 0.3) is 0 Å². The van der Waals surface area contributed by atoms with Crippen LogP contribution in [0.5, 0.6) is 0 Å². The Bertz CT molecular complexity index is 366. The molecule has 4 N–H and O–H groups in total. The average Bonchev–Trinajstić information content (AvgIpc) is 2.82. The monoisotopic (exact) mass is 268 g/mol. The molecule has 2 rings (SSSR count). The van der Waals surface area contributed by atoms with Gasteiger partial charge in [0.25, 0.3) is 0 Å². The first-order chi connectivity index (χ1) is 8.76. The van der Waals surface area contributed by atoms with Gasteiger partial charge in [-0.2, -0.15) is 0 Å². The molecule has 1 saturated carbocycles. The zero-order chi connectivity index (χ0) is 13.0. The maximum atomic E-state index is 9.46. The molecule has 0 aromatic carbocycles. The number of thiophene rings is 1. The Hall–Kier alpha value is -0.420. The largest absolute Gasteiger partial charge is 0.396 e. The third-order valence-corrected chi connectivity index (χ3v) is 5.15. The molecule has 3 atom stereocenters. The molecule has 0 aliphatic heterocycles. The molecule has 1 aromatic rings. The van der Waals surface area contributed by atoms with Gasteiger partial charge in [0.15, 0.2) is 0 Å². The summed E-state index contributed by atoms with van der Waals surface area (Å²) in [6.45, 7) is 3.05. The molecule has 1 aromatic heterocycles. The van der Waals surface area contributed by atoms with E-state index in [4.69, 9.17) is 5.73 Å². The summed E-state index contributed by atoms with van der Waals surface area (Å²) >= 11 is 1.77. The van der Waals surface area contributed by atoms with Gasteiger partial charge in [-0.3, -0.25) is 0 Å². The van der Waals surface area contributed by atoms with Crippen LogP contribution in [0, 0.1) is 12.8 Å². The van der Waals surface area contributed by atoms with Gasteiger partial charge in [-0.15, -0.1) is 11.3 Å². The van der Waals surface area contributed by atoms with Gasteiger partial charge in [0.2, 0.25) is 0 Å². The fourth-order valence-corrected chi connectivity index (χ4v) is 3.90. The number of hydrogen-bond acceptors (Lipinski definition) is 4. The molecule has 4 heteroatoms. The predicted molar refractivity (Wildman–Crippen MR) is 76.8 cm³/mol. The minimum Gasteiger partial charge on any atom is -0.396 e. The molecule has 1 aliphatic rings. The van der Waals surface area contributed by atoms with Crippen molar-refractivity contribution in [3.05, 3.63) is 21.9 Å². The van der Waals surface area contributed by atoms with Crippen LogP contribution in [0.1, 0.15) is 42.2 Å². The van der Waals surface area contributed by atoms with E-state index in [-0.39, 0.29) is 6.04 Å². The van der Waals surface area contributed by atoms with E-state index < -0.39 is 0 Å². The highest BCUT2D eigenvalue weighted by molar-refractivity contribution is 7.10. The number of aliphatic hydroxyl groups is 1. The number of rotatable bonds is 5. The van der Waals surface area contributed by atoms with Crippen LogP contribution in [0.2, 0.25) is 0 Å². The molecule has 3 unspecified atom stereocenters. The fraction of sp³-hybridized carbons (Fsp3) is 0.714. The van der Waals surface area contributed by atoms with E-state index >= 15 is 0 Å². The van der Waals surface area contributed by atoms with Gasteiger partial charge in [0.1, 0.15) is 0 Å². The smallest absolute Gasteiger partial charge is 0.0544 e. The van der Waals surface area contributed by atoms with Crippen LogP contribution >= 0.6 is 11.3 Å². The third kappa shape index (κ3) is 3.12. The standard InChI is InChI=1S/C14H24N2OS/c1-10-6-7-18-14(10)13(8-15)16-12-5-3-2-4-11(12)9-17/h6-7,11-13,16-17H,2-5,8-9,15H2,1H3. The lowest BCUT2D eigenvalue weighted by atomic mass is 9.84. The summed E-state index contributed by atoms with van der Waals surface area (Å²) in [5.41, 5.74) is 7.24. The molecule has 0 saturated heterocycles. The van der Waals surface area contributed by atoms with Crippen LogP contribution in [-0.2, 0) is 0 Å². The summed E-state index contributed by atoms with van der Waals surface area (Å²) in [5.74, 6) is 0.396. The summed E-state index contributed by atoms with van der Waals surface area (Å²) in [7, 11) is 0. The van der Waals surface area contributed by atoms with Crippen molar-refractivity contribution in [1.29, 1.82) is 0 Å². The molecular weight excluding hydrogens is 244 g/mol. The lowest BCUT2D eigenvalue weighted by molar-refractivity contribution is 0.146. The van der Waals surface area contributed by atoms with Crippen LogP contribution in [0.4, 0.5) is 0 Å². The first-order valence-corrected chi connectivity index (χ1v) is 7.75. The van der Waals surface area contributed by atoms with E-state index in [1.807, 2.05) is 0 Å². The van der Waals surface area contributed by atoms with Crippen molar-refractivity contribution < 1.29 is 5.11 Å². The highest BCUT2D eigenvalue weighted by Crippen LogP contribution is 2.29. The van der Waals surface area contributed by atoms with Gasteiger partial charge in [-0.25, -0.2) is 0 Å². The molecule has 0 spiro atoms. The molecule has 3 nitrogen and oxygen atoms in total. The number of aryl methyl sites for hydroxylation is 1.